The van der Waals surface area contributed by atoms with E-state index in [1.54, 1.807) is 0 Å². The van der Waals surface area contributed by atoms with Crippen LogP contribution in [-0.2, 0) is 16.8 Å². The molecule has 3 aromatic rings. The molecule has 4 aliphatic rings. The van der Waals surface area contributed by atoms with Gasteiger partial charge in [0.25, 0.3) is 0 Å². The molecule has 0 aromatic heterocycles. The third kappa shape index (κ3) is 3.79. The number of amides is 1. The molecule has 2 nitrogen and oxygen atoms in total. The third-order valence-electron chi connectivity index (χ3n) is 8.51. The molecule has 33 heavy (non-hydrogen) atoms. The van der Waals surface area contributed by atoms with Crippen molar-refractivity contribution < 1.29 is 4.79 Å². The van der Waals surface area contributed by atoms with Crippen molar-refractivity contribution in [1.29, 1.82) is 0 Å². The quantitative estimate of drug-likeness (QED) is 0.434. The van der Waals surface area contributed by atoms with Crippen LogP contribution < -0.4 is 5.32 Å². The number of benzene rings is 3. The van der Waals surface area contributed by atoms with E-state index < -0.39 is 0 Å². The average Bonchev–Trinajstić information content (AvgIpc) is 2.83. The van der Waals surface area contributed by atoms with Crippen molar-refractivity contribution in [3.63, 3.8) is 0 Å². The van der Waals surface area contributed by atoms with Gasteiger partial charge in [0.15, 0.2) is 0 Å². The van der Waals surface area contributed by atoms with E-state index in [2.05, 4.69) is 66.0 Å². The van der Waals surface area contributed by atoms with Crippen molar-refractivity contribution in [2.24, 2.45) is 17.3 Å². The van der Waals surface area contributed by atoms with E-state index in [1.165, 1.54) is 36.0 Å². The van der Waals surface area contributed by atoms with Crippen molar-refractivity contribution in [2.45, 2.75) is 50.5 Å². The summed E-state index contributed by atoms with van der Waals surface area (Å²) in [6.45, 7) is 0.596. The highest BCUT2D eigenvalue weighted by Gasteiger charge is 2.60. The van der Waals surface area contributed by atoms with Crippen LogP contribution in [0.3, 0.4) is 0 Å². The Hall–Kier alpha value is -2.58. The Bertz CT molecular complexity index is 1140. The Morgan fingerprint density at radius 1 is 0.818 bits per heavy atom. The summed E-state index contributed by atoms with van der Waals surface area (Å²) in [4.78, 5) is 13.7. The number of rotatable bonds is 5. The van der Waals surface area contributed by atoms with Gasteiger partial charge in [-0.2, -0.15) is 0 Å². The molecule has 2 atom stereocenters. The Balaban J connectivity index is 1.18. The van der Waals surface area contributed by atoms with E-state index in [4.69, 9.17) is 11.6 Å². The number of carbonyl (C=O) groups excluding carboxylic acids is 1. The van der Waals surface area contributed by atoms with Crippen LogP contribution in [0, 0.1) is 17.3 Å². The largest absolute Gasteiger partial charge is 0.352 e. The molecule has 3 aromatic carbocycles. The van der Waals surface area contributed by atoms with Gasteiger partial charge in [-0.15, -0.1) is 0 Å². The second kappa shape index (κ2) is 8.02. The van der Waals surface area contributed by atoms with Gasteiger partial charge in [0.2, 0.25) is 5.91 Å². The fraction of sp³-hybridized carbons (Fsp3) is 0.367. The standard InChI is InChI=1S/C30H30ClNO/c31-27-12-10-26(11-13-27)29-15-22-14-23(16-29)18-30(17-22,20-29)28(33)32-19-21-6-8-25(9-7-21)24-4-2-1-3-5-24/h1-13,22-23H,14-20H2,(H,32,33). The van der Waals surface area contributed by atoms with Crippen LogP contribution in [-0.4, -0.2) is 5.91 Å². The summed E-state index contributed by atoms with van der Waals surface area (Å²) in [6, 6.07) is 27.4. The molecule has 0 heterocycles. The number of hydrogen-bond acceptors (Lipinski definition) is 1. The molecular formula is C30H30ClNO. The van der Waals surface area contributed by atoms with Crippen molar-refractivity contribution in [1.82, 2.24) is 5.32 Å². The Morgan fingerprint density at radius 3 is 2.12 bits per heavy atom. The summed E-state index contributed by atoms with van der Waals surface area (Å²) in [5, 5.41) is 4.12. The highest BCUT2D eigenvalue weighted by molar-refractivity contribution is 6.30. The maximum atomic E-state index is 13.7. The summed E-state index contributed by atoms with van der Waals surface area (Å²) < 4.78 is 0. The summed E-state index contributed by atoms with van der Waals surface area (Å²) in [5.74, 6) is 1.60. The zero-order chi connectivity index (χ0) is 22.5. The highest BCUT2D eigenvalue weighted by atomic mass is 35.5. The molecule has 4 fully saturated rings. The van der Waals surface area contributed by atoms with Gasteiger partial charge in [-0.25, -0.2) is 0 Å². The molecule has 2 unspecified atom stereocenters. The minimum atomic E-state index is -0.215. The Labute approximate surface area is 201 Å². The lowest BCUT2D eigenvalue weighted by atomic mass is 9.42. The van der Waals surface area contributed by atoms with Crippen LogP contribution >= 0.6 is 11.6 Å². The molecule has 4 saturated carbocycles. The van der Waals surface area contributed by atoms with E-state index in [-0.39, 0.29) is 16.7 Å². The SMILES string of the molecule is O=C(NCc1ccc(-c2ccccc2)cc1)C12CC3CC(C1)CC(c1ccc(Cl)cc1)(C3)C2. The Morgan fingerprint density at radius 2 is 1.45 bits per heavy atom. The van der Waals surface area contributed by atoms with E-state index in [9.17, 15) is 4.79 Å². The van der Waals surface area contributed by atoms with Crippen molar-refractivity contribution in [2.75, 3.05) is 0 Å². The maximum absolute atomic E-state index is 13.7. The molecule has 0 aliphatic heterocycles. The average molecular weight is 456 g/mol. The molecule has 0 radical (unpaired) electrons. The van der Waals surface area contributed by atoms with Gasteiger partial charge < -0.3 is 5.32 Å². The fourth-order valence-electron chi connectivity index (χ4n) is 7.48. The molecule has 4 bridgehead atoms. The first-order valence-electron chi connectivity index (χ1n) is 12.2. The molecule has 4 aliphatic carbocycles. The monoisotopic (exact) mass is 455 g/mol. The van der Waals surface area contributed by atoms with Gasteiger partial charge >= 0.3 is 0 Å². The first-order valence-corrected chi connectivity index (χ1v) is 12.6. The summed E-state index contributed by atoms with van der Waals surface area (Å²) in [7, 11) is 0. The molecule has 1 N–H and O–H groups in total. The number of halogens is 1. The molecule has 0 spiro atoms. The van der Waals surface area contributed by atoms with Gasteiger partial charge in [0.1, 0.15) is 0 Å². The van der Waals surface area contributed by atoms with E-state index in [1.807, 2.05) is 18.2 Å². The maximum Gasteiger partial charge on any atom is 0.226 e. The number of carbonyl (C=O) groups is 1. The zero-order valence-corrected chi connectivity index (χ0v) is 19.7. The summed E-state index contributed by atoms with van der Waals surface area (Å²) in [6.07, 6.45) is 6.83. The Kier molecular flexibility index (Phi) is 5.10. The van der Waals surface area contributed by atoms with E-state index in [0.717, 1.165) is 29.8 Å². The van der Waals surface area contributed by atoms with E-state index in [0.29, 0.717) is 18.4 Å². The lowest BCUT2D eigenvalue weighted by Crippen LogP contribution is -2.59. The van der Waals surface area contributed by atoms with Crippen LogP contribution in [0.5, 0.6) is 0 Å². The predicted octanol–water partition coefficient (Wildman–Crippen LogP) is 7.16. The van der Waals surface area contributed by atoms with Gasteiger partial charge in [-0.05, 0) is 90.2 Å². The van der Waals surface area contributed by atoms with Crippen LogP contribution in [0.15, 0.2) is 78.9 Å². The topological polar surface area (TPSA) is 29.1 Å². The number of hydrogen-bond donors (Lipinski definition) is 1. The molecule has 7 rings (SSSR count). The second-order valence-electron chi connectivity index (χ2n) is 10.8. The molecule has 3 heteroatoms. The van der Waals surface area contributed by atoms with Crippen LogP contribution in [0.25, 0.3) is 11.1 Å². The highest BCUT2D eigenvalue weighted by Crippen LogP contribution is 2.65. The van der Waals surface area contributed by atoms with Gasteiger partial charge in [0, 0.05) is 11.6 Å². The molecule has 168 valence electrons. The van der Waals surface area contributed by atoms with Gasteiger partial charge in [-0.3, -0.25) is 4.79 Å². The fourth-order valence-corrected chi connectivity index (χ4v) is 7.61. The smallest absolute Gasteiger partial charge is 0.226 e. The first-order chi connectivity index (χ1) is 16.0. The second-order valence-corrected chi connectivity index (χ2v) is 11.2. The molecular weight excluding hydrogens is 426 g/mol. The summed E-state index contributed by atoms with van der Waals surface area (Å²) >= 11 is 6.18. The predicted molar refractivity (Wildman–Crippen MR) is 134 cm³/mol. The third-order valence-corrected chi connectivity index (χ3v) is 8.77. The minimum absolute atomic E-state index is 0.142. The lowest BCUT2D eigenvalue weighted by Gasteiger charge is -2.61. The number of nitrogens with one attached hydrogen (secondary N) is 1. The van der Waals surface area contributed by atoms with E-state index >= 15 is 0 Å². The van der Waals surface area contributed by atoms with Crippen molar-refractivity contribution in [3.05, 3.63) is 95.0 Å². The van der Waals surface area contributed by atoms with Crippen molar-refractivity contribution >= 4 is 17.5 Å². The van der Waals surface area contributed by atoms with Crippen LogP contribution in [0.4, 0.5) is 0 Å². The molecule has 0 saturated heterocycles. The van der Waals surface area contributed by atoms with Crippen LogP contribution in [0.1, 0.15) is 49.7 Å². The normalized spacial score (nSPS) is 29.7. The van der Waals surface area contributed by atoms with Gasteiger partial charge in [-0.1, -0.05) is 78.3 Å². The summed E-state index contributed by atoms with van der Waals surface area (Å²) in [5.41, 5.74) is 4.89. The minimum Gasteiger partial charge on any atom is -0.352 e. The zero-order valence-electron chi connectivity index (χ0n) is 18.9. The first kappa shape index (κ1) is 21.0. The van der Waals surface area contributed by atoms with Gasteiger partial charge in [0.05, 0.1) is 5.41 Å². The lowest BCUT2D eigenvalue weighted by molar-refractivity contribution is -0.149. The van der Waals surface area contributed by atoms with Crippen molar-refractivity contribution in [3.8, 4) is 11.1 Å². The van der Waals surface area contributed by atoms with Crippen LogP contribution in [0.2, 0.25) is 5.02 Å². The molecule has 1 amide bonds.